The van der Waals surface area contributed by atoms with Crippen LogP contribution in [0.4, 0.5) is 11.6 Å². The van der Waals surface area contributed by atoms with E-state index >= 15 is 0 Å². The summed E-state index contributed by atoms with van der Waals surface area (Å²) in [6, 6.07) is 0.699. The van der Waals surface area contributed by atoms with E-state index in [0.717, 1.165) is 18.9 Å². The van der Waals surface area contributed by atoms with Gasteiger partial charge in [-0.1, -0.05) is 6.42 Å². The first-order valence-electron chi connectivity index (χ1n) is 6.89. The van der Waals surface area contributed by atoms with Gasteiger partial charge in [-0.05, 0) is 32.4 Å². The number of nitrogens with two attached hydrogens (primary N) is 1. The Kier molecular flexibility index (Phi) is 3.32. The van der Waals surface area contributed by atoms with E-state index in [1.807, 2.05) is 0 Å². The summed E-state index contributed by atoms with van der Waals surface area (Å²) in [5.41, 5.74) is 5.57. The molecule has 2 fully saturated rings. The van der Waals surface area contributed by atoms with Crippen molar-refractivity contribution in [1.29, 1.82) is 0 Å². The molecule has 2 saturated heterocycles. The normalized spacial score (nSPS) is 25.6. The zero-order valence-corrected chi connectivity index (χ0v) is 10.8. The molecule has 18 heavy (non-hydrogen) atoms. The number of piperidine rings is 1. The summed E-state index contributed by atoms with van der Waals surface area (Å²) in [6.45, 7) is 4.70. The highest BCUT2D eigenvalue weighted by Crippen LogP contribution is 2.23. The largest absolute Gasteiger partial charge is 0.382 e. The maximum absolute atomic E-state index is 5.57. The van der Waals surface area contributed by atoms with Gasteiger partial charge in [-0.2, -0.15) is 0 Å². The van der Waals surface area contributed by atoms with Crippen LogP contribution < -0.4 is 10.6 Å². The molecule has 0 amide bonds. The lowest BCUT2D eigenvalue weighted by atomic mass is 10.1. The van der Waals surface area contributed by atoms with E-state index < -0.39 is 0 Å². The zero-order valence-electron chi connectivity index (χ0n) is 10.8. The topological polar surface area (TPSA) is 58.3 Å². The van der Waals surface area contributed by atoms with Gasteiger partial charge in [0.15, 0.2) is 0 Å². The molecule has 0 spiro atoms. The van der Waals surface area contributed by atoms with Crippen molar-refractivity contribution in [2.75, 3.05) is 36.8 Å². The average Bonchev–Trinajstić information content (AvgIpc) is 2.90. The first kappa shape index (κ1) is 11.7. The summed E-state index contributed by atoms with van der Waals surface area (Å²) in [6.07, 6.45) is 8.79. The van der Waals surface area contributed by atoms with Gasteiger partial charge >= 0.3 is 0 Å². The Labute approximate surface area is 108 Å². The van der Waals surface area contributed by atoms with Crippen LogP contribution in [0, 0.1) is 0 Å². The molecule has 5 heteroatoms. The minimum atomic E-state index is 0.491. The van der Waals surface area contributed by atoms with Gasteiger partial charge in [0, 0.05) is 19.1 Å². The number of aromatic nitrogens is 2. The molecule has 2 aliphatic rings. The van der Waals surface area contributed by atoms with Crippen LogP contribution in [-0.2, 0) is 0 Å². The molecule has 1 aromatic rings. The van der Waals surface area contributed by atoms with Crippen molar-refractivity contribution in [3.05, 3.63) is 12.4 Å². The fourth-order valence-electron chi connectivity index (χ4n) is 3.03. The highest BCUT2D eigenvalue weighted by Gasteiger charge is 2.29. The van der Waals surface area contributed by atoms with Gasteiger partial charge in [-0.3, -0.25) is 4.90 Å². The fourth-order valence-corrected chi connectivity index (χ4v) is 3.03. The molecule has 0 bridgehead atoms. The molecule has 1 atom stereocenters. The standard InChI is InChI=1S/C13H21N5/c14-12-8-16-13(9-15-12)18-7-4-11(10-18)17-5-2-1-3-6-17/h8-9,11H,1-7,10H2,(H2,14,15). The molecule has 3 heterocycles. The summed E-state index contributed by atoms with van der Waals surface area (Å²) < 4.78 is 0. The molecule has 3 rings (SSSR count). The molecule has 5 nitrogen and oxygen atoms in total. The van der Waals surface area contributed by atoms with Gasteiger partial charge in [0.05, 0.1) is 12.4 Å². The molecule has 2 aliphatic heterocycles. The number of nitrogen functional groups attached to an aromatic ring is 1. The fraction of sp³-hybridized carbons (Fsp3) is 0.692. The maximum Gasteiger partial charge on any atom is 0.147 e. The predicted octanol–water partition coefficient (Wildman–Crippen LogP) is 1.12. The molecule has 0 saturated carbocycles. The number of hydrogen-bond donors (Lipinski definition) is 1. The van der Waals surface area contributed by atoms with Gasteiger partial charge < -0.3 is 10.6 Å². The molecule has 98 valence electrons. The Bertz CT molecular complexity index is 385. The number of anilines is 2. The van der Waals surface area contributed by atoms with Crippen molar-refractivity contribution in [3.63, 3.8) is 0 Å². The number of nitrogens with zero attached hydrogens (tertiary/aromatic N) is 4. The van der Waals surface area contributed by atoms with Crippen molar-refractivity contribution in [1.82, 2.24) is 14.9 Å². The van der Waals surface area contributed by atoms with Crippen molar-refractivity contribution < 1.29 is 0 Å². The van der Waals surface area contributed by atoms with Crippen LogP contribution in [0.15, 0.2) is 12.4 Å². The van der Waals surface area contributed by atoms with Crippen LogP contribution >= 0.6 is 0 Å². The number of rotatable bonds is 2. The Hall–Kier alpha value is -1.36. The molecule has 0 aromatic carbocycles. The predicted molar refractivity (Wildman–Crippen MR) is 72.5 cm³/mol. The molecule has 0 aliphatic carbocycles. The zero-order chi connectivity index (χ0) is 12.4. The Balaban J connectivity index is 1.62. The SMILES string of the molecule is Nc1cnc(N2CCC(N3CCCCC3)C2)cn1. The van der Waals surface area contributed by atoms with Crippen LogP contribution in [0.3, 0.4) is 0 Å². The summed E-state index contributed by atoms with van der Waals surface area (Å²) in [4.78, 5) is 13.5. The average molecular weight is 247 g/mol. The monoisotopic (exact) mass is 247 g/mol. The van der Waals surface area contributed by atoms with Gasteiger partial charge in [0.25, 0.3) is 0 Å². The third-order valence-corrected chi connectivity index (χ3v) is 4.05. The van der Waals surface area contributed by atoms with E-state index in [-0.39, 0.29) is 0 Å². The lowest BCUT2D eigenvalue weighted by molar-refractivity contribution is 0.175. The van der Waals surface area contributed by atoms with E-state index in [4.69, 9.17) is 5.73 Å². The van der Waals surface area contributed by atoms with Crippen molar-refractivity contribution in [2.45, 2.75) is 31.7 Å². The smallest absolute Gasteiger partial charge is 0.147 e. The molecule has 1 unspecified atom stereocenters. The quantitative estimate of drug-likeness (QED) is 0.849. The van der Waals surface area contributed by atoms with Crippen LogP contribution in [0.1, 0.15) is 25.7 Å². The first-order valence-corrected chi connectivity index (χ1v) is 6.89. The Morgan fingerprint density at radius 2 is 1.89 bits per heavy atom. The van der Waals surface area contributed by atoms with Crippen LogP contribution in [0.2, 0.25) is 0 Å². The second-order valence-electron chi connectivity index (χ2n) is 5.28. The third kappa shape index (κ3) is 2.41. The van der Waals surface area contributed by atoms with E-state index in [9.17, 15) is 0 Å². The highest BCUT2D eigenvalue weighted by molar-refractivity contribution is 5.40. The molecular formula is C13H21N5. The van der Waals surface area contributed by atoms with Crippen LogP contribution in [0.5, 0.6) is 0 Å². The van der Waals surface area contributed by atoms with E-state index in [0.29, 0.717) is 11.9 Å². The number of hydrogen-bond acceptors (Lipinski definition) is 5. The van der Waals surface area contributed by atoms with Gasteiger partial charge in [0.1, 0.15) is 11.6 Å². The van der Waals surface area contributed by atoms with Gasteiger partial charge in [0.2, 0.25) is 0 Å². The van der Waals surface area contributed by atoms with Crippen LogP contribution in [-0.4, -0.2) is 47.1 Å². The molecule has 2 N–H and O–H groups in total. The van der Waals surface area contributed by atoms with Crippen molar-refractivity contribution >= 4 is 11.6 Å². The lowest BCUT2D eigenvalue weighted by Gasteiger charge is -2.32. The first-order chi connectivity index (χ1) is 8.83. The van der Waals surface area contributed by atoms with Gasteiger partial charge in [-0.25, -0.2) is 9.97 Å². The Morgan fingerprint density at radius 1 is 1.06 bits per heavy atom. The minimum Gasteiger partial charge on any atom is -0.382 e. The highest BCUT2D eigenvalue weighted by atomic mass is 15.3. The van der Waals surface area contributed by atoms with Crippen molar-refractivity contribution in [2.24, 2.45) is 0 Å². The Morgan fingerprint density at radius 3 is 2.61 bits per heavy atom. The van der Waals surface area contributed by atoms with E-state index in [2.05, 4.69) is 19.8 Å². The second-order valence-corrected chi connectivity index (χ2v) is 5.28. The summed E-state index contributed by atoms with van der Waals surface area (Å²) >= 11 is 0. The summed E-state index contributed by atoms with van der Waals surface area (Å²) in [5.74, 6) is 1.45. The molecular weight excluding hydrogens is 226 g/mol. The maximum atomic E-state index is 5.57. The minimum absolute atomic E-state index is 0.491. The molecule has 0 radical (unpaired) electrons. The van der Waals surface area contributed by atoms with E-state index in [1.165, 1.54) is 38.8 Å². The second kappa shape index (κ2) is 5.10. The third-order valence-electron chi connectivity index (χ3n) is 4.05. The molecule has 1 aromatic heterocycles. The summed E-state index contributed by atoms with van der Waals surface area (Å²) in [5, 5.41) is 0. The number of likely N-dealkylation sites (tertiary alicyclic amines) is 1. The van der Waals surface area contributed by atoms with E-state index in [1.54, 1.807) is 12.4 Å². The summed E-state index contributed by atoms with van der Waals surface area (Å²) in [7, 11) is 0. The van der Waals surface area contributed by atoms with Gasteiger partial charge in [-0.15, -0.1) is 0 Å². The van der Waals surface area contributed by atoms with Crippen LogP contribution in [0.25, 0.3) is 0 Å². The van der Waals surface area contributed by atoms with Crippen molar-refractivity contribution in [3.8, 4) is 0 Å². The lowest BCUT2D eigenvalue weighted by Crippen LogP contribution is -2.40.